The Bertz CT molecular complexity index is 612. The number of nitrogens with zero attached hydrogens (tertiary/aromatic N) is 1. The molecule has 0 aliphatic heterocycles. The molecule has 0 heterocycles. The Morgan fingerprint density at radius 1 is 1.14 bits per heavy atom. The van der Waals surface area contributed by atoms with E-state index in [9.17, 15) is 24.3 Å². The summed E-state index contributed by atoms with van der Waals surface area (Å²) >= 11 is 3.87. The van der Waals surface area contributed by atoms with Gasteiger partial charge in [0.1, 0.15) is 6.04 Å². The quantitative estimate of drug-likeness (QED) is 0.0590. The maximum absolute atomic E-state index is 12.4. The predicted octanol–water partition coefficient (Wildman–Crippen LogP) is -4.15. The van der Waals surface area contributed by atoms with Gasteiger partial charge < -0.3 is 43.4 Å². The van der Waals surface area contributed by atoms with Crippen LogP contribution in [0.2, 0.25) is 0 Å². The molecular weight excluding hydrogens is 406 g/mol. The number of hydrogen-bond donors (Lipinski definition) is 9. The third-order valence-corrected chi connectivity index (χ3v) is 3.99. The van der Waals surface area contributed by atoms with Gasteiger partial charge in [-0.05, 0) is 19.8 Å². The van der Waals surface area contributed by atoms with Gasteiger partial charge in [-0.25, -0.2) is 4.79 Å². The van der Waals surface area contributed by atoms with Crippen LogP contribution in [0.5, 0.6) is 0 Å². The molecule has 0 rings (SSSR count). The summed E-state index contributed by atoms with van der Waals surface area (Å²) in [5, 5.41) is 25.4. The molecule has 11 N–H and O–H groups in total. The summed E-state index contributed by atoms with van der Waals surface area (Å²) in [6.45, 7) is 0.927. The molecule has 29 heavy (non-hydrogen) atoms. The fourth-order valence-electron chi connectivity index (χ4n) is 2.04. The topological polar surface area (TPSA) is 235 Å². The standard InChI is InChI=1S/C15H29N7O6S/c1-7(23)11(14(27)28)22-13(26)9(3-2-4-19-15(17)18)21-10(24)5-20-12(25)8(16)6-29/h7-9,11,23,29H,2-6,16H2,1H3,(H,20,25)(H,21,24)(H,22,26)(H,27,28)(H4,17,18,19). The number of carboxylic acid groups (broad SMARTS) is 1. The molecule has 3 amide bonds. The van der Waals surface area contributed by atoms with E-state index >= 15 is 0 Å². The maximum atomic E-state index is 12.4. The van der Waals surface area contributed by atoms with Crippen molar-refractivity contribution in [1.29, 1.82) is 0 Å². The van der Waals surface area contributed by atoms with Crippen LogP contribution in [0.1, 0.15) is 19.8 Å². The zero-order chi connectivity index (χ0) is 22.6. The monoisotopic (exact) mass is 435 g/mol. The highest BCUT2D eigenvalue weighted by atomic mass is 32.1. The number of carbonyl (C=O) groups excluding carboxylic acids is 3. The fourth-order valence-corrected chi connectivity index (χ4v) is 2.21. The number of aliphatic carboxylic acids is 1. The predicted molar refractivity (Wildman–Crippen MR) is 108 cm³/mol. The second-order valence-corrected chi connectivity index (χ2v) is 6.51. The molecule has 0 aliphatic rings. The highest BCUT2D eigenvalue weighted by molar-refractivity contribution is 7.80. The first-order valence-electron chi connectivity index (χ1n) is 8.69. The summed E-state index contributed by atoms with van der Waals surface area (Å²) in [5.41, 5.74) is 15.9. The second kappa shape index (κ2) is 13.6. The molecule has 14 heteroatoms. The molecule has 4 atom stereocenters. The van der Waals surface area contributed by atoms with Gasteiger partial charge in [0, 0.05) is 12.3 Å². The summed E-state index contributed by atoms with van der Waals surface area (Å²) in [6.07, 6.45) is -0.999. The molecule has 166 valence electrons. The number of aliphatic hydroxyl groups is 1. The van der Waals surface area contributed by atoms with Crippen molar-refractivity contribution in [3.8, 4) is 0 Å². The van der Waals surface area contributed by atoms with Crippen LogP contribution in [0.4, 0.5) is 0 Å². The number of amides is 3. The first kappa shape index (κ1) is 26.4. The van der Waals surface area contributed by atoms with E-state index < -0.39 is 54.5 Å². The third-order valence-electron chi connectivity index (χ3n) is 3.60. The maximum Gasteiger partial charge on any atom is 0.328 e. The number of guanidine groups is 1. The number of aliphatic hydroxyl groups excluding tert-OH is 1. The average Bonchev–Trinajstić information content (AvgIpc) is 2.64. The van der Waals surface area contributed by atoms with Crippen molar-refractivity contribution in [2.24, 2.45) is 22.2 Å². The highest BCUT2D eigenvalue weighted by Gasteiger charge is 2.29. The van der Waals surface area contributed by atoms with Crippen molar-refractivity contribution in [3.63, 3.8) is 0 Å². The van der Waals surface area contributed by atoms with Crippen LogP contribution >= 0.6 is 12.6 Å². The average molecular weight is 436 g/mol. The van der Waals surface area contributed by atoms with Crippen LogP contribution < -0.4 is 33.2 Å². The van der Waals surface area contributed by atoms with Gasteiger partial charge in [0.2, 0.25) is 17.7 Å². The zero-order valence-corrected chi connectivity index (χ0v) is 16.9. The molecular formula is C15H29N7O6S. The molecule has 0 aromatic carbocycles. The Morgan fingerprint density at radius 2 is 1.76 bits per heavy atom. The van der Waals surface area contributed by atoms with Crippen molar-refractivity contribution < 1.29 is 29.4 Å². The molecule has 4 unspecified atom stereocenters. The van der Waals surface area contributed by atoms with Crippen molar-refractivity contribution >= 4 is 42.3 Å². The molecule has 0 fully saturated rings. The lowest BCUT2D eigenvalue weighted by Gasteiger charge is -2.23. The third kappa shape index (κ3) is 11.1. The minimum Gasteiger partial charge on any atom is -0.480 e. The number of thiol groups is 1. The lowest BCUT2D eigenvalue weighted by atomic mass is 10.1. The molecule has 13 nitrogen and oxygen atoms in total. The SMILES string of the molecule is CC(O)C(NC(=O)C(CCCN=C(N)N)NC(=O)CNC(=O)C(N)CS)C(=O)O. The van der Waals surface area contributed by atoms with Gasteiger partial charge in [-0.15, -0.1) is 0 Å². The number of nitrogens with two attached hydrogens (primary N) is 3. The van der Waals surface area contributed by atoms with Crippen molar-refractivity contribution in [3.05, 3.63) is 0 Å². The molecule has 0 aromatic rings. The summed E-state index contributed by atoms with van der Waals surface area (Å²) < 4.78 is 0. The minimum atomic E-state index is -1.56. The zero-order valence-electron chi connectivity index (χ0n) is 16.0. The summed E-state index contributed by atoms with van der Waals surface area (Å²) in [5.74, 6) is -3.61. The summed E-state index contributed by atoms with van der Waals surface area (Å²) in [6, 6.07) is -3.60. The van der Waals surface area contributed by atoms with E-state index in [4.69, 9.17) is 22.3 Å². The van der Waals surface area contributed by atoms with Crippen LogP contribution in [0, 0.1) is 0 Å². The Kier molecular flexibility index (Phi) is 12.4. The van der Waals surface area contributed by atoms with Crippen LogP contribution in [0.25, 0.3) is 0 Å². The normalized spacial score (nSPS) is 14.6. The number of hydrogen-bond acceptors (Lipinski definition) is 8. The van der Waals surface area contributed by atoms with Crippen LogP contribution in [-0.4, -0.2) is 82.9 Å². The van der Waals surface area contributed by atoms with E-state index in [1.807, 2.05) is 0 Å². The molecule has 0 saturated heterocycles. The molecule has 0 aliphatic carbocycles. The van der Waals surface area contributed by atoms with Crippen molar-refractivity contribution in [2.75, 3.05) is 18.8 Å². The van der Waals surface area contributed by atoms with E-state index in [-0.39, 0.29) is 24.7 Å². The van der Waals surface area contributed by atoms with Gasteiger partial charge in [-0.1, -0.05) is 0 Å². The fraction of sp³-hybridized carbons (Fsp3) is 0.667. The van der Waals surface area contributed by atoms with E-state index in [2.05, 4.69) is 33.6 Å². The lowest BCUT2D eigenvalue weighted by Crippen LogP contribution is -2.56. The van der Waals surface area contributed by atoms with Crippen molar-refractivity contribution in [1.82, 2.24) is 16.0 Å². The first-order valence-corrected chi connectivity index (χ1v) is 9.33. The second-order valence-electron chi connectivity index (χ2n) is 6.14. The Balaban J connectivity index is 5.00. The summed E-state index contributed by atoms with van der Waals surface area (Å²) in [4.78, 5) is 51.0. The molecule has 0 bridgehead atoms. The van der Waals surface area contributed by atoms with Crippen LogP contribution in [0.15, 0.2) is 4.99 Å². The van der Waals surface area contributed by atoms with Gasteiger partial charge in [0.05, 0.1) is 18.7 Å². The van der Waals surface area contributed by atoms with Crippen LogP contribution in [0.3, 0.4) is 0 Å². The molecule has 0 radical (unpaired) electrons. The van der Waals surface area contributed by atoms with Gasteiger partial charge in [0.15, 0.2) is 12.0 Å². The Labute approximate surface area is 173 Å². The van der Waals surface area contributed by atoms with Crippen molar-refractivity contribution in [2.45, 2.75) is 44.0 Å². The highest BCUT2D eigenvalue weighted by Crippen LogP contribution is 2.02. The number of nitrogens with one attached hydrogen (secondary N) is 3. The molecule has 0 saturated carbocycles. The Hall–Kier alpha value is -2.58. The number of rotatable bonds is 13. The number of aliphatic imine (C=N–C) groups is 1. The lowest BCUT2D eigenvalue weighted by molar-refractivity contribution is -0.145. The Morgan fingerprint density at radius 3 is 2.24 bits per heavy atom. The largest absolute Gasteiger partial charge is 0.480 e. The molecule has 0 spiro atoms. The van der Waals surface area contributed by atoms with Crippen LogP contribution in [-0.2, 0) is 19.2 Å². The van der Waals surface area contributed by atoms with Gasteiger partial charge >= 0.3 is 5.97 Å². The van der Waals surface area contributed by atoms with E-state index in [1.54, 1.807) is 0 Å². The van der Waals surface area contributed by atoms with Gasteiger partial charge in [-0.2, -0.15) is 12.6 Å². The van der Waals surface area contributed by atoms with E-state index in [0.29, 0.717) is 6.42 Å². The van der Waals surface area contributed by atoms with Gasteiger partial charge in [-0.3, -0.25) is 19.4 Å². The number of carboxylic acids is 1. The number of carbonyl (C=O) groups is 4. The first-order chi connectivity index (χ1) is 13.5. The van der Waals surface area contributed by atoms with E-state index in [0.717, 1.165) is 0 Å². The van der Waals surface area contributed by atoms with Gasteiger partial charge in [0.25, 0.3) is 0 Å². The molecule has 0 aromatic heterocycles. The van der Waals surface area contributed by atoms with E-state index in [1.165, 1.54) is 6.92 Å². The summed E-state index contributed by atoms with van der Waals surface area (Å²) in [7, 11) is 0. The minimum absolute atomic E-state index is 0.0740. The smallest absolute Gasteiger partial charge is 0.328 e.